The SMILES string of the molecule is C[C@@H](Nc1nn(C)c(=O)c2cc(=O)n([C@H]3CC34CC4)cc12)c1cccc(C(F)F)c1F. The summed E-state index contributed by atoms with van der Waals surface area (Å²) >= 11 is 0. The summed E-state index contributed by atoms with van der Waals surface area (Å²) < 4.78 is 43.6. The van der Waals surface area contributed by atoms with Gasteiger partial charge in [-0.2, -0.15) is 5.10 Å². The van der Waals surface area contributed by atoms with E-state index in [-0.39, 0.29) is 33.8 Å². The van der Waals surface area contributed by atoms with Gasteiger partial charge in [-0.05, 0) is 31.6 Å². The van der Waals surface area contributed by atoms with Crippen LogP contribution in [0.2, 0.25) is 0 Å². The van der Waals surface area contributed by atoms with Crippen molar-refractivity contribution in [2.24, 2.45) is 12.5 Å². The van der Waals surface area contributed by atoms with Crippen LogP contribution >= 0.6 is 0 Å². The second-order valence-electron chi connectivity index (χ2n) is 8.62. The minimum absolute atomic E-state index is 0.0639. The number of aromatic nitrogens is 3. The lowest BCUT2D eigenvalue weighted by Crippen LogP contribution is -2.26. The number of hydrogen-bond donors (Lipinski definition) is 1. The minimum Gasteiger partial charge on any atom is -0.361 e. The molecule has 1 spiro atoms. The average Bonchev–Trinajstić information content (AvgIpc) is 3.64. The van der Waals surface area contributed by atoms with Crippen LogP contribution < -0.4 is 16.4 Å². The highest BCUT2D eigenvalue weighted by molar-refractivity contribution is 5.90. The zero-order chi connectivity index (χ0) is 22.1. The molecule has 2 fully saturated rings. The predicted molar refractivity (Wildman–Crippen MR) is 110 cm³/mol. The fraction of sp³-hybridized carbons (Fsp3) is 0.409. The van der Waals surface area contributed by atoms with Crippen LogP contribution in [0.25, 0.3) is 10.8 Å². The van der Waals surface area contributed by atoms with Crippen molar-refractivity contribution in [1.29, 1.82) is 0 Å². The Morgan fingerprint density at radius 3 is 2.55 bits per heavy atom. The largest absolute Gasteiger partial charge is 0.361 e. The fourth-order valence-electron chi connectivity index (χ4n) is 4.46. The Morgan fingerprint density at radius 2 is 1.90 bits per heavy atom. The molecule has 6 nitrogen and oxygen atoms in total. The molecule has 2 heterocycles. The first kappa shape index (κ1) is 19.8. The Balaban J connectivity index is 1.59. The number of alkyl halides is 2. The summed E-state index contributed by atoms with van der Waals surface area (Å²) in [5, 5.41) is 7.97. The van der Waals surface area contributed by atoms with Crippen molar-refractivity contribution in [3.05, 3.63) is 68.1 Å². The Morgan fingerprint density at radius 1 is 1.19 bits per heavy atom. The van der Waals surface area contributed by atoms with E-state index in [1.54, 1.807) is 17.7 Å². The Bertz CT molecular complexity index is 1330. The number of nitrogens with one attached hydrogen (secondary N) is 1. The van der Waals surface area contributed by atoms with Gasteiger partial charge in [0.25, 0.3) is 17.5 Å². The molecule has 0 aliphatic heterocycles. The third-order valence-electron chi connectivity index (χ3n) is 6.60. The third kappa shape index (κ3) is 3.14. The van der Waals surface area contributed by atoms with E-state index in [9.17, 15) is 22.8 Å². The lowest BCUT2D eigenvalue weighted by molar-refractivity contribution is 0.146. The van der Waals surface area contributed by atoms with E-state index in [0.29, 0.717) is 5.39 Å². The molecule has 162 valence electrons. The highest BCUT2D eigenvalue weighted by Gasteiger charge is 2.64. The summed E-state index contributed by atoms with van der Waals surface area (Å²) in [4.78, 5) is 25.2. The number of pyridine rings is 1. The van der Waals surface area contributed by atoms with Crippen molar-refractivity contribution in [1.82, 2.24) is 14.3 Å². The third-order valence-corrected chi connectivity index (χ3v) is 6.60. The van der Waals surface area contributed by atoms with Crippen LogP contribution in [0.3, 0.4) is 0 Å². The summed E-state index contributed by atoms with van der Waals surface area (Å²) in [6, 6.07) is 4.60. The molecule has 2 saturated carbocycles. The number of anilines is 1. The molecule has 0 radical (unpaired) electrons. The number of hydrogen-bond acceptors (Lipinski definition) is 4. The van der Waals surface area contributed by atoms with Gasteiger partial charge in [0.1, 0.15) is 5.82 Å². The monoisotopic (exact) mass is 430 g/mol. The van der Waals surface area contributed by atoms with Gasteiger partial charge >= 0.3 is 0 Å². The predicted octanol–water partition coefficient (Wildman–Crippen LogP) is 4.07. The molecule has 0 bridgehead atoms. The van der Waals surface area contributed by atoms with Crippen LogP contribution in [0.1, 0.15) is 55.8 Å². The van der Waals surface area contributed by atoms with Gasteiger partial charge in [0.2, 0.25) is 0 Å². The Labute approximate surface area is 175 Å². The first-order chi connectivity index (χ1) is 14.7. The fourth-order valence-corrected chi connectivity index (χ4v) is 4.46. The van der Waals surface area contributed by atoms with E-state index in [4.69, 9.17) is 0 Å². The van der Waals surface area contributed by atoms with E-state index in [1.807, 2.05) is 0 Å². The highest BCUT2D eigenvalue weighted by Crippen LogP contribution is 2.72. The van der Waals surface area contributed by atoms with Crippen LogP contribution in [0.4, 0.5) is 19.0 Å². The average molecular weight is 430 g/mol. The quantitative estimate of drug-likeness (QED) is 0.663. The number of nitrogens with zero attached hydrogens (tertiary/aromatic N) is 3. The molecule has 2 atom stereocenters. The maximum absolute atomic E-state index is 14.6. The second-order valence-corrected chi connectivity index (χ2v) is 8.62. The first-order valence-electron chi connectivity index (χ1n) is 10.2. The van der Waals surface area contributed by atoms with Crippen molar-refractivity contribution in [3.63, 3.8) is 0 Å². The standard InChI is InChI=1S/C22H21F3N4O2/c1-11(12-4-3-5-13(18(12)23)19(24)25)26-20-15-10-29(16-9-22(16)6-7-22)17(30)8-14(15)21(31)28(2)27-20/h3-5,8,10-11,16,19H,6-7,9H2,1-2H3,(H,26,27)/t11-,16+/m1/s1. The topological polar surface area (TPSA) is 68.9 Å². The van der Waals surface area contributed by atoms with E-state index in [1.165, 1.54) is 25.2 Å². The zero-order valence-corrected chi connectivity index (χ0v) is 17.0. The van der Waals surface area contributed by atoms with Gasteiger partial charge in [-0.25, -0.2) is 17.9 Å². The van der Waals surface area contributed by atoms with E-state index < -0.39 is 29.4 Å². The van der Waals surface area contributed by atoms with E-state index >= 15 is 0 Å². The molecular formula is C22H21F3N4O2. The number of benzene rings is 1. The molecule has 0 amide bonds. The summed E-state index contributed by atoms with van der Waals surface area (Å²) in [5.74, 6) is -0.692. The normalized spacial score (nSPS) is 19.7. The zero-order valence-electron chi connectivity index (χ0n) is 17.0. The minimum atomic E-state index is -2.92. The van der Waals surface area contributed by atoms with Crippen molar-refractivity contribution in [3.8, 4) is 0 Å². The van der Waals surface area contributed by atoms with Crippen LogP contribution in [0, 0.1) is 11.2 Å². The van der Waals surface area contributed by atoms with Crippen LogP contribution in [-0.2, 0) is 7.05 Å². The molecule has 2 aromatic heterocycles. The van der Waals surface area contributed by atoms with Crippen molar-refractivity contribution < 1.29 is 13.2 Å². The highest BCUT2D eigenvalue weighted by atomic mass is 19.3. The van der Waals surface area contributed by atoms with Crippen molar-refractivity contribution in [2.45, 2.75) is 44.7 Å². The second kappa shape index (κ2) is 6.70. The van der Waals surface area contributed by atoms with Crippen LogP contribution in [0.15, 0.2) is 40.1 Å². The van der Waals surface area contributed by atoms with Crippen molar-refractivity contribution >= 4 is 16.6 Å². The van der Waals surface area contributed by atoms with Gasteiger partial charge in [0.05, 0.1) is 17.0 Å². The molecule has 0 saturated heterocycles. The molecule has 1 aromatic carbocycles. The summed E-state index contributed by atoms with van der Waals surface area (Å²) in [6.45, 7) is 1.63. The van der Waals surface area contributed by atoms with Gasteiger partial charge < -0.3 is 9.88 Å². The number of aryl methyl sites for hydroxylation is 1. The van der Waals surface area contributed by atoms with E-state index in [2.05, 4.69) is 10.4 Å². The maximum atomic E-state index is 14.6. The molecule has 3 aromatic rings. The number of halogens is 3. The van der Waals surface area contributed by atoms with Crippen LogP contribution in [-0.4, -0.2) is 14.3 Å². The van der Waals surface area contributed by atoms with E-state index in [0.717, 1.165) is 30.0 Å². The lowest BCUT2D eigenvalue weighted by atomic mass is 10.0. The van der Waals surface area contributed by atoms with Gasteiger partial charge in [-0.3, -0.25) is 9.59 Å². The summed E-state index contributed by atoms with van der Waals surface area (Å²) in [7, 11) is 1.46. The molecule has 31 heavy (non-hydrogen) atoms. The number of fused-ring (bicyclic) bond motifs is 1. The van der Waals surface area contributed by atoms with Crippen LogP contribution in [0.5, 0.6) is 0 Å². The van der Waals surface area contributed by atoms with Gasteiger partial charge in [-0.15, -0.1) is 0 Å². The van der Waals surface area contributed by atoms with Gasteiger partial charge in [0.15, 0.2) is 5.82 Å². The summed E-state index contributed by atoms with van der Waals surface area (Å²) in [5.41, 5.74) is -1.03. The molecule has 2 aliphatic rings. The molecule has 2 aliphatic carbocycles. The summed E-state index contributed by atoms with van der Waals surface area (Å²) in [6.07, 6.45) is 1.86. The molecule has 5 rings (SSSR count). The molecule has 1 N–H and O–H groups in total. The molecule has 9 heteroatoms. The lowest BCUT2D eigenvalue weighted by Gasteiger charge is -2.19. The van der Waals surface area contributed by atoms with Gasteiger partial charge in [0, 0.05) is 36.3 Å². The molecule has 0 unspecified atom stereocenters. The smallest absolute Gasteiger partial charge is 0.274 e. The first-order valence-corrected chi connectivity index (χ1v) is 10.2. The Kier molecular flexibility index (Phi) is 4.29. The van der Waals surface area contributed by atoms with Gasteiger partial charge in [-0.1, -0.05) is 18.2 Å². The number of rotatable bonds is 5. The Hall–Kier alpha value is -3.10. The maximum Gasteiger partial charge on any atom is 0.274 e. The molecular weight excluding hydrogens is 409 g/mol. The van der Waals surface area contributed by atoms with Crippen molar-refractivity contribution in [2.75, 3.05) is 5.32 Å².